The summed E-state index contributed by atoms with van der Waals surface area (Å²) in [6, 6.07) is 17.0. The van der Waals surface area contributed by atoms with E-state index < -0.39 is 21.6 Å². The molecule has 2 rings (SSSR count). The van der Waals surface area contributed by atoms with Gasteiger partial charge in [-0.25, -0.2) is 8.42 Å². The van der Waals surface area contributed by atoms with Crippen molar-refractivity contribution in [2.24, 2.45) is 0 Å². The van der Waals surface area contributed by atoms with E-state index in [1.165, 1.54) is 0 Å². The van der Waals surface area contributed by atoms with Gasteiger partial charge in [-0.15, -0.1) is 0 Å². The van der Waals surface area contributed by atoms with E-state index in [2.05, 4.69) is 5.32 Å². The number of hydrogen-bond donors (Lipinski definition) is 2. The molecule has 0 aliphatic heterocycles. The van der Waals surface area contributed by atoms with Crippen molar-refractivity contribution in [3.63, 3.8) is 0 Å². The fourth-order valence-corrected chi connectivity index (χ4v) is 3.69. The summed E-state index contributed by atoms with van der Waals surface area (Å²) >= 11 is 6.23. The normalized spacial score (nSPS) is 12.7. The number of halogens is 1. The lowest BCUT2D eigenvalue weighted by molar-refractivity contribution is -0.134. The lowest BCUT2D eigenvalue weighted by Crippen LogP contribution is -2.30. The SMILES string of the molecule is O=C(O)CS(=O)(=O)CCNC(Cc1ccccc1Cl)c1ccccc1. The third kappa shape index (κ3) is 6.49. The Kier molecular flexibility index (Phi) is 6.99. The molecular formula is C18H20ClNO4S. The summed E-state index contributed by atoms with van der Waals surface area (Å²) in [5.74, 6) is -2.42. The van der Waals surface area contributed by atoms with E-state index in [1.807, 2.05) is 54.6 Å². The molecule has 1 unspecified atom stereocenters. The first kappa shape index (κ1) is 19.4. The van der Waals surface area contributed by atoms with E-state index in [4.69, 9.17) is 16.7 Å². The topological polar surface area (TPSA) is 83.5 Å². The van der Waals surface area contributed by atoms with E-state index in [0.717, 1.165) is 11.1 Å². The van der Waals surface area contributed by atoms with Gasteiger partial charge in [-0.2, -0.15) is 0 Å². The van der Waals surface area contributed by atoms with Crippen LogP contribution < -0.4 is 5.32 Å². The zero-order valence-corrected chi connectivity index (χ0v) is 15.1. The Morgan fingerprint density at radius 2 is 1.72 bits per heavy atom. The summed E-state index contributed by atoms with van der Waals surface area (Å²) in [5, 5.41) is 12.5. The Balaban J connectivity index is 2.08. The number of sulfone groups is 1. The summed E-state index contributed by atoms with van der Waals surface area (Å²) < 4.78 is 23.5. The fraction of sp³-hybridized carbons (Fsp3) is 0.278. The summed E-state index contributed by atoms with van der Waals surface area (Å²) in [7, 11) is -3.63. The molecule has 0 aliphatic rings. The molecule has 0 spiro atoms. The number of nitrogens with one attached hydrogen (secondary N) is 1. The summed E-state index contributed by atoms with van der Waals surface area (Å²) in [6.07, 6.45) is 0.600. The third-order valence-electron chi connectivity index (χ3n) is 3.73. The molecule has 0 fully saturated rings. The molecule has 0 saturated carbocycles. The maximum Gasteiger partial charge on any atom is 0.318 e. The molecule has 134 valence electrons. The van der Waals surface area contributed by atoms with E-state index in [0.29, 0.717) is 11.4 Å². The van der Waals surface area contributed by atoms with Crippen molar-refractivity contribution < 1.29 is 18.3 Å². The van der Waals surface area contributed by atoms with Crippen molar-refractivity contribution >= 4 is 27.4 Å². The predicted octanol–water partition coefficient (Wildman–Crippen LogP) is 2.71. The van der Waals surface area contributed by atoms with Crippen LogP contribution in [0.4, 0.5) is 0 Å². The smallest absolute Gasteiger partial charge is 0.318 e. The molecule has 0 radical (unpaired) electrons. The van der Waals surface area contributed by atoms with Crippen LogP contribution in [-0.2, 0) is 21.1 Å². The van der Waals surface area contributed by atoms with Gasteiger partial charge in [-0.1, -0.05) is 60.1 Å². The molecule has 0 saturated heterocycles. The van der Waals surface area contributed by atoms with E-state index in [-0.39, 0.29) is 18.3 Å². The van der Waals surface area contributed by atoms with Crippen LogP contribution in [0.5, 0.6) is 0 Å². The highest BCUT2D eigenvalue weighted by atomic mass is 35.5. The van der Waals surface area contributed by atoms with Gasteiger partial charge >= 0.3 is 5.97 Å². The highest BCUT2D eigenvalue weighted by Gasteiger charge is 2.18. The molecule has 7 heteroatoms. The molecule has 1 atom stereocenters. The van der Waals surface area contributed by atoms with Gasteiger partial charge in [0.1, 0.15) is 5.75 Å². The molecule has 0 aromatic heterocycles. The van der Waals surface area contributed by atoms with Crippen LogP contribution in [0.2, 0.25) is 5.02 Å². The lowest BCUT2D eigenvalue weighted by atomic mass is 9.99. The van der Waals surface area contributed by atoms with Crippen molar-refractivity contribution in [2.45, 2.75) is 12.5 Å². The first-order chi connectivity index (χ1) is 11.9. The molecule has 25 heavy (non-hydrogen) atoms. The molecule has 0 aliphatic carbocycles. The van der Waals surface area contributed by atoms with Gasteiger partial charge in [0.05, 0.1) is 5.75 Å². The first-order valence-electron chi connectivity index (χ1n) is 7.81. The van der Waals surface area contributed by atoms with Crippen LogP contribution in [0.3, 0.4) is 0 Å². The van der Waals surface area contributed by atoms with Crippen LogP contribution >= 0.6 is 11.6 Å². The molecule has 0 bridgehead atoms. The summed E-state index contributed by atoms with van der Waals surface area (Å²) in [4.78, 5) is 10.6. The van der Waals surface area contributed by atoms with Gasteiger partial charge in [0.15, 0.2) is 9.84 Å². The molecule has 2 aromatic rings. The van der Waals surface area contributed by atoms with Crippen molar-refractivity contribution in [1.82, 2.24) is 5.32 Å². The zero-order valence-electron chi connectivity index (χ0n) is 13.6. The summed E-state index contributed by atoms with van der Waals surface area (Å²) in [6.45, 7) is 0.166. The largest absolute Gasteiger partial charge is 0.480 e. The minimum absolute atomic E-state index is 0.124. The highest BCUT2D eigenvalue weighted by molar-refractivity contribution is 7.92. The van der Waals surface area contributed by atoms with Gasteiger partial charge in [-0.05, 0) is 23.6 Å². The zero-order chi connectivity index (χ0) is 18.3. The van der Waals surface area contributed by atoms with Gasteiger partial charge in [0.2, 0.25) is 0 Å². The second kappa shape index (κ2) is 8.99. The maximum atomic E-state index is 11.7. The lowest BCUT2D eigenvalue weighted by Gasteiger charge is -2.20. The third-order valence-corrected chi connectivity index (χ3v) is 5.61. The van der Waals surface area contributed by atoms with Crippen LogP contribution in [-0.4, -0.2) is 37.5 Å². The van der Waals surface area contributed by atoms with Gasteiger partial charge in [-0.3, -0.25) is 4.79 Å². The predicted molar refractivity (Wildman–Crippen MR) is 98.6 cm³/mol. The Morgan fingerprint density at radius 3 is 2.36 bits per heavy atom. The molecule has 0 heterocycles. The highest BCUT2D eigenvalue weighted by Crippen LogP contribution is 2.23. The monoisotopic (exact) mass is 381 g/mol. The Labute approximate surface area is 152 Å². The van der Waals surface area contributed by atoms with Crippen LogP contribution in [0.15, 0.2) is 54.6 Å². The van der Waals surface area contributed by atoms with Crippen LogP contribution in [0.25, 0.3) is 0 Å². The van der Waals surface area contributed by atoms with E-state index >= 15 is 0 Å². The number of benzene rings is 2. The molecule has 2 aromatic carbocycles. The quantitative estimate of drug-likeness (QED) is 0.697. The number of aliphatic carboxylic acids is 1. The van der Waals surface area contributed by atoms with Gasteiger partial charge in [0.25, 0.3) is 0 Å². The van der Waals surface area contributed by atoms with Crippen molar-refractivity contribution in [3.8, 4) is 0 Å². The second-order valence-electron chi connectivity index (χ2n) is 5.70. The molecular weight excluding hydrogens is 362 g/mol. The number of carboxylic acids is 1. The molecule has 0 amide bonds. The van der Waals surface area contributed by atoms with Crippen molar-refractivity contribution in [2.75, 3.05) is 18.1 Å². The number of rotatable bonds is 9. The van der Waals surface area contributed by atoms with E-state index in [1.54, 1.807) is 0 Å². The Morgan fingerprint density at radius 1 is 1.08 bits per heavy atom. The second-order valence-corrected chi connectivity index (χ2v) is 8.29. The van der Waals surface area contributed by atoms with E-state index in [9.17, 15) is 13.2 Å². The standard InChI is InChI=1S/C18H20ClNO4S/c19-16-9-5-4-8-15(16)12-17(14-6-2-1-3-7-14)20-10-11-25(23,24)13-18(21)22/h1-9,17,20H,10-13H2,(H,21,22). The van der Waals surface area contributed by atoms with Gasteiger partial charge < -0.3 is 10.4 Å². The van der Waals surface area contributed by atoms with Crippen LogP contribution in [0.1, 0.15) is 17.2 Å². The average Bonchev–Trinajstić information content (AvgIpc) is 2.55. The minimum Gasteiger partial charge on any atom is -0.480 e. The number of hydrogen-bond acceptors (Lipinski definition) is 4. The first-order valence-corrected chi connectivity index (χ1v) is 10.0. The Bertz CT molecular complexity index is 809. The fourth-order valence-electron chi connectivity index (χ4n) is 2.53. The number of carboxylic acid groups (broad SMARTS) is 1. The molecule has 5 nitrogen and oxygen atoms in total. The minimum atomic E-state index is -3.63. The number of carbonyl (C=O) groups is 1. The average molecular weight is 382 g/mol. The Hall–Kier alpha value is -1.89. The van der Waals surface area contributed by atoms with Crippen molar-refractivity contribution in [1.29, 1.82) is 0 Å². The maximum absolute atomic E-state index is 11.7. The van der Waals surface area contributed by atoms with Crippen LogP contribution in [0, 0.1) is 0 Å². The van der Waals surface area contributed by atoms with Gasteiger partial charge in [0, 0.05) is 17.6 Å². The summed E-state index contributed by atoms with van der Waals surface area (Å²) in [5.41, 5.74) is 1.97. The van der Waals surface area contributed by atoms with Crippen molar-refractivity contribution in [3.05, 3.63) is 70.7 Å². The molecule has 2 N–H and O–H groups in total.